The second-order valence-electron chi connectivity index (χ2n) is 4.06. The topological polar surface area (TPSA) is 24.9 Å². The first kappa shape index (κ1) is 13.6. The van der Waals surface area contributed by atoms with Gasteiger partial charge in [-0.05, 0) is 19.1 Å². The highest BCUT2D eigenvalue weighted by Crippen LogP contribution is 2.25. The summed E-state index contributed by atoms with van der Waals surface area (Å²) in [4.78, 5) is 4.66. The van der Waals surface area contributed by atoms with E-state index in [1.54, 1.807) is 11.3 Å². The molecule has 1 heterocycles. The van der Waals surface area contributed by atoms with Gasteiger partial charge in [0.1, 0.15) is 5.01 Å². The second kappa shape index (κ2) is 6.92. The molecule has 1 aromatic heterocycles. The fourth-order valence-electron chi connectivity index (χ4n) is 1.68. The smallest absolute Gasteiger partial charge is 0.111 e. The zero-order valence-corrected chi connectivity index (χ0v) is 12.2. The lowest BCUT2D eigenvalue weighted by Gasteiger charge is -2.10. The molecule has 0 radical (unpaired) electrons. The van der Waals surface area contributed by atoms with Crippen molar-refractivity contribution in [3.8, 4) is 0 Å². The van der Waals surface area contributed by atoms with Gasteiger partial charge in [-0.3, -0.25) is 0 Å². The van der Waals surface area contributed by atoms with Gasteiger partial charge in [0.2, 0.25) is 0 Å². The Bertz CT molecular complexity index is 474. The molecule has 0 spiro atoms. The normalized spacial score (nSPS) is 12.7. The number of benzene rings is 1. The van der Waals surface area contributed by atoms with Gasteiger partial charge < -0.3 is 5.32 Å². The monoisotopic (exact) mass is 278 g/mol. The van der Waals surface area contributed by atoms with E-state index < -0.39 is 0 Å². The Hall–Kier alpha value is -0.840. The van der Waals surface area contributed by atoms with Crippen LogP contribution >= 0.6 is 23.1 Å². The largest absolute Gasteiger partial charge is 0.307 e. The molecule has 1 unspecified atom stereocenters. The van der Waals surface area contributed by atoms with Crippen molar-refractivity contribution in [2.45, 2.75) is 13.0 Å². The third kappa shape index (κ3) is 3.57. The molecule has 2 aromatic rings. The molecule has 0 saturated heterocycles. The van der Waals surface area contributed by atoms with Gasteiger partial charge in [-0.25, -0.2) is 4.98 Å². The summed E-state index contributed by atoms with van der Waals surface area (Å²) in [7, 11) is 0. The highest BCUT2D eigenvalue weighted by atomic mass is 32.2. The Labute approximate surface area is 117 Å². The Kier molecular flexibility index (Phi) is 5.23. The highest BCUT2D eigenvalue weighted by molar-refractivity contribution is 7.99. The summed E-state index contributed by atoms with van der Waals surface area (Å²) in [6, 6.07) is 8.63. The van der Waals surface area contributed by atoms with Gasteiger partial charge in [0, 0.05) is 18.1 Å². The van der Waals surface area contributed by atoms with Gasteiger partial charge in [-0.2, -0.15) is 11.8 Å². The quantitative estimate of drug-likeness (QED) is 0.615. The van der Waals surface area contributed by atoms with Crippen LogP contribution in [0.15, 0.2) is 36.9 Å². The van der Waals surface area contributed by atoms with Gasteiger partial charge in [0.25, 0.3) is 0 Å². The number of hydrogen-bond acceptors (Lipinski definition) is 4. The molecule has 2 nitrogen and oxygen atoms in total. The summed E-state index contributed by atoms with van der Waals surface area (Å²) in [5.41, 5.74) is 1.10. The summed E-state index contributed by atoms with van der Waals surface area (Å²) in [5.74, 6) is 2.14. The molecule has 4 heteroatoms. The van der Waals surface area contributed by atoms with Crippen LogP contribution in [0.1, 0.15) is 18.0 Å². The molecule has 0 bridgehead atoms. The standard InChI is InChI=1S/C14H18N2S2/c1-3-9-17-10-8-15-11(2)14-16-12-6-4-5-7-13(12)18-14/h3-7,11,15H,1,8-10H2,2H3. The molecule has 0 amide bonds. The summed E-state index contributed by atoms with van der Waals surface area (Å²) in [5, 5.41) is 4.68. The van der Waals surface area contributed by atoms with Crippen molar-refractivity contribution >= 4 is 33.3 Å². The number of thiazole rings is 1. The predicted molar refractivity (Wildman–Crippen MR) is 83.6 cm³/mol. The molecule has 0 aliphatic carbocycles. The summed E-state index contributed by atoms with van der Waals surface area (Å²) >= 11 is 3.67. The number of thioether (sulfide) groups is 1. The second-order valence-corrected chi connectivity index (χ2v) is 6.27. The predicted octanol–water partition coefficient (Wildman–Crippen LogP) is 3.87. The minimum atomic E-state index is 0.326. The maximum Gasteiger partial charge on any atom is 0.111 e. The van der Waals surface area contributed by atoms with E-state index in [0.717, 1.165) is 23.6 Å². The molecule has 0 saturated carbocycles. The molecule has 1 atom stereocenters. The molecule has 1 N–H and O–H groups in total. The molecule has 0 aliphatic heterocycles. The third-order valence-electron chi connectivity index (χ3n) is 2.61. The van der Waals surface area contributed by atoms with Crippen LogP contribution in [0.4, 0.5) is 0 Å². The van der Waals surface area contributed by atoms with Gasteiger partial charge >= 0.3 is 0 Å². The molecule has 18 heavy (non-hydrogen) atoms. The first-order chi connectivity index (χ1) is 8.81. The minimum absolute atomic E-state index is 0.326. The Morgan fingerprint density at radius 3 is 3.11 bits per heavy atom. The number of para-hydroxylation sites is 1. The zero-order chi connectivity index (χ0) is 12.8. The SMILES string of the molecule is C=CCSCCNC(C)c1nc2ccccc2s1. The molecule has 96 valence electrons. The van der Waals surface area contributed by atoms with Gasteiger partial charge in [-0.15, -0.1) is 17.9 Å². The number of nitrogens with zero attached hydrogens (tertiary/aromatic N) is 1. The molecular weight excluding hydrogens is 260 g/mol. The first-order valence-corrected chi connectivity index (χ1v) is 8.06. The fourth-order valence-corrected chi connectivity index (χ4v) is 3.27. The summed E-state index contributed by atoms with van der Waals surface area (Å²) in [6.07, 6.45) is 1.95. The molecule has 2 rings (SSSR count). The van der Waals surface area contributed by atoms with E-state index in [4.69, 9.17) is 0 Å². The maximum atomic E-state index is 4.66. The Balaban J connectivity index is 1.88. The summed E-state index contributed by atoms with van der Waals surface area (Å²) in [6.45, 7) is 6.90. The lowest BCUT2D eigenvalue weighted by Crippen LogP contribution is -2.21. The van der Waals surface area contributed by atoms with E-state index in [-0.39, 0.29) is 0 Å². The van der Waals surface area contributed by atoms with Crippen molar-refractivity contribution in [3.63, 3.8) is 0 Å². The van der Waals surface area contributed by atoms with Crippen LogP contribution in [0.25, 0.3) is 10.2 Å². The van der Waals surface area contributed by atoms with E-state index in [1.807, 2.05) is 23.9 Å². The Morgan fingerprint density at radius 1 is 1.50 bits per heavy atom. The van der Waals surface area contributed by atoms with Gasteiger partial charge in [-0.1, -0.05) is 18.2 Å². The lowest BCUT2D eigenvalue weighted by molar-refractivity contribution is 0.599. The molecular formula is C14H18N2S2. The van der Waals surface area contributed by atoms with E-state index >= 15 is 0 Å². The van der Waals surface area contributed by atoms with Crippen LogP contribution in [0, 0.1) is 0 Å². The van der Waals surface area contributed by atoms with Gasteiger partial charge in [0.15, 0.2) is 0 Å². The Morgan fingerprint density at radius 2 is 2.33 bits per heavy atom. The fraction of sp³-hybridized carbons (Fsp3) is 0.357. The van der Waals surface area contributed by atoms with Crippen LogP contribution in [0.5, 0.6) is 0 Å². The van der Waals surface area contributed by atoms with Crippen LogP contribution in [-0.4, -0.2) is 23.0 Å². The molecule has 1 aromatic carbocycles. The van der Waals surface area contributed by atoms with Crippen LogP contribution in [-0.2, 0) is 0 Å². The number of fused-ring (bicyclic) bond motifs is 1. The summed E-state index contributed by atoms with van der Waals surface area (Å²) < 4.78 is 1.27. The van der Waals surface area contributed by atoms with Crippen molar-refractivity contribution in [1.29, 1.82) is 0 Å². The van der Waals surface area contributed by atoms with Crippen LogP contribution in [0.2, 0.25) is 0 Å². The number of rotatable bonds is 7. The highest BCUT2D eigenvalue weighted by Gasteiger charge is 2.10. The maximum absolute atomic E-state index is 4.66. The first-order valence-electron chi connectivity index (χ1n) is 6.08. The van der Waals surface area contributed by atoms with Crippen molar-refractivity contribution in [2.24, 2.45) is 0 Å². The van der Waals surface area contributed by atoms with Gasteiger partial charge in [0.05, 0.1) is 16.3 Å². The van der Waals surface area contributed by atoms with Crippen molar-refractivity contribution < 1.29 is 0 Å². The van der Waals surface area contributed by atoms with Crippen LogP contribution in [0.3, 0.4) is 0 Å². The van der Waals surface area contributed by atoms with Crippen molar-refractivity contribution in [1.82, 2.24) is 10.3 Å². The van der Waals surface area contributed by atoms with Crippen molar-refractivity contribution in [3.05, 3.63) is 41.9 Å². The molecule has 0 aliphatic rings. The van der Waals surface area contributed by atoms with E-state index in [1.165, 1.54) is 9.71 Å². The minimum Gasteiger partial charge on any atom is -0.307 e. The number of aromatic nitrogens is 1. The van der Waals surface area contributed by atoms with Crippen molar-refractivity contribution in [2.75, 3.05) is 18.1 Å². The third-order valence-corrected chi connectivity index (χ3v) is 4.80. The number of nitrogens with one attached hydrogen (secondary N) is 1. The average molecular weight is 278 g/mol. The van der Waals surface area contributed by atoms with Crippen LogP contribution < -0.4 is 5.32 Å². The van der Waals surface area contributed by atoms with E-state index in [0.29, 0.717) is 6.04 Å². The van der Waals surface area contributed by atoms with E-state index in [2.05, 4.69) is 42.0 Å². The average Bonchev–Trinajstić information content (AvgIpc) is 2.82. The zero-order valence-electron chi connectivity index (χ0n) is 10.6. The number of hydrogen-bond donors (Lipinski definition) is 1. The van der Waals surface area contributed by atoms with E-state index in [9.17, 15) is 0 Å². The molecule has 0 fully saturated rings. The lowest BCUT2D eigenvalue weighted by atomic mass is 10.3.